The predicted octanol–water partition coefficient (Wildman–Crippen LogP) is 1.33. The molecule has 1 aromatic rings. The summed E-state index contributed by atoms with van der Waals surface area (Å²) < 4.78 is 4.60. The Morgan fingerprint density at radius 1 is 1.47 bits per heavy atom. The van der Waals surface area contributed by atoms with Crippen molar-refractivity contribution >= 4 is 12.0 Å². The first kappa shape index (κ1) is 10.4. The van der Waals surface area contributed by atoms with Crippen molar-refractivity contribution in [2.75, 3.05) is 0 Å². The molecule has 0 bridgehead atoms. The molecule has 0 aliphatic heterocycles. The van der Waals surface area contributed by atoms with Gasteiger partial charge in [0, 0.05) is 0 Å². The van der Waals surface area contributed by atoms with Crippen molar-refractivity contribution in [2.45, 2.75) is 0 Å². The van der Waals surface area contributed by atoms with E-state index < -0.39 is 21.4 Å². The lowest BCUT2D eigenvalue weighted by molar-refractivity contribution is -0.416. The molecular weight excluding hydrogens is 206 g/mol. The Labute approximate surface area is 82.3 Å². The van der Waals surface area contributed by atoms with E-state index in [1.165, 1.54) is 12.1 Å². The molecule has 0 aromatic carbocycles. The van der Waals surface area contributed by atoms with Crippen LogP contribution in [-0.2, 0) is 0 Å². The summed E-state index contributed by atoms with van der Waals surface area (Å²) in [5, 5.41) is 28.7. The van der Waals surface area contributed by atoms with Crippen LogP contribution in [-0.4, -0.2) is 9.85 Å². The minimum Gasteiger partial charge on any atom is -0.401 e. The van der Waals surface area contributed by atoms with Gasteiger partial charge in [-0.3, -0.25) is 20.2 Å². The Hall–Kier alpha value is -2.69. The van der Waals surface area contributed by atoms with Crippen LogP contribution in [0.3, 0.4) is 0 Å². The summed E-state index contributed by atoms with van der Waals surface area (Å²) in [6.45, 7) is 0. The van der Waals surface area contributed by atoms with Gasteiger partial charge in [0.2, 0.25) is 0 Å². The van der Waals surface area contributed by atoms with Crippen molar-refractivity contribution in [1.82, 2.24) is 0 Å². The highest BCUT2D eigenvalue weighted by atomic mass is 16.6. The molecule has 76 valence electrons. The normalized spacial score (nSPS) is 10.7. The van der Waals surface area contributed by atoms with E-state index in [0.29, 0.717) is 0 Å². The third-order valence-corrected chi connectivity index (χ3v) is 1.38. The zero-order chi connectivity index (χ0) is 11.4. The molecule has 0 spiro atoms. The number of allylic oxidation sites excluding steroid dienone is 1. The molecule has 0 saturated carbocycles. The predicted molar refractivity (Wildman–Crippen MR) is 45.9 cm³/mol. The van der Waals surface area contributed by atoms with Gasteiger partial charge in [-0.2, -0.15) is 5.26 Å². The Kier molecular flexibility index (Phi) is 2.78. The van der Waals surface area contributed by atoms with Crippen molar-refractivity contribution in [3.8, 4) is 6.07 Å². The highest BCUT2D eigenvalue weighted by molar-refractivity contribution is 5.50. The van der Waals surface area contributed by atoms with Crippen LogP contribution in [0, 0.1) is 31.6 Å². The van der Waals surface area contributed by atoms with Crippen molar-refractivity contribution in [2.24, 2.45) is 0 Å². The Morgan fingerprint density at radius 3 is 2.53 bits per heavy atom. The Morgan fingerprint density at radius 2 is 2.13 bits per heavy atom. The first-order chi connectivity index (χ1) is 7.04. The fourth-order valence-electron chi connectivity index (χ4n) is 0.778. The third-order valence-electron chi connectivity index (χ3n) is 1.38. The fourth-order valence-corrected chi connectivity index (χ4v) is 0.778. The van der Waals surface area contributed by atoms with Crippen molar-refractivity contribution in [3.63, 3.8) is 0 Å². The van der Waals surface area contributed by atoms with E-state index in [0.717, 1.165) is 12.1 Å². The van der Waals surface area contributed by atoms with Crippen molar-refractivity contribution < 1.29 is 14.3 Å². The molecule has 0 unspecified atom stereocenters. The molecule has 15 heavy (non-hydrogen) atoms. The summed E-state index contributed by atoms with van der Waals surface area (Å²) in [6.07, 6.45) is 0.812. The molecule has 0 atom stereocenters. The molecule has 0 amide bonds. The van der Waals surface area contributed by atoms with Crippen molar-refractivity contribution in [3.05, 3.63) is 43.8 Å². The van der Waals surface area contributed by atoms with Crippen LogP contribution in [0.1, 0.15) is 5.76 Å². The summed E-state index contributed by atoms with van der Waals surface area (Å²) in [7, 11) is 0. The highest BCUT2D eigenvalue weighted by Crippen LogP contribution is 2.17. The Bertz CT molecular complexity index is 481. The standard InChI is InChI=1S/C7H3N3O5/c8-4-5(9(11)12)3-6-1-2-7(15-6)10(13)14/h1-3H/b5-3-. The van der Waals surface area contributed by atoms with E-state index in [-0.39, 0.29) is 5.76 Å². The first-order valence-electron chi connectivity index (χ1n) is 3.55. The molecule has 1 heterocycles. The molecule has 0 aliphatic carbocycles. The SMILES string of the molecule is N#C/C(=C/c1ccc([N+](=O)[O-])o1)[N+](=O)[O-]. The second-order valence-electron chi connectivity index (χ2n) is 2.33. The number of hydrogen-bond acceptors (Lipinski definition) is 6. The Balaban J connectivity index is 3.04. The van der Waals surface area contributed by atoms with Gasteiger partial charge in [0.25, 0.3) is 0 Å². The van der Waals surface area contributed by atoms with E-state index in [4.69, 9.17) is 5.26 Å². The van der Waals surface area contributed by atoms with Crippen LogP contribution in [0.5, 0.6) is 0 Å². The highest BCUT2D eigenvalue weighted by Gasteiger charge is 2.14. The fraction of sp³-hybridized carbons (Fsp3) is 0. The zero-order valence-electron chi connectivity index (χ0n) is 7.11. The summed E-state index contributed by atoms with van der Waals surface area (Å²) in [6, 6.07) is 3.53. The van der Waals surface area contributed by atoms with Gasteiger partial charge in [-0.15, -0.1) is 0 Å². The quantitative estimate of drug-likeness (QED) is 0.420. The van der Waals surface area contributed by atoms with Crippen LogP contribution < -0.4 is 0 Å². The molecule has 8 nitrogen and oxygen atoms in total. The maximum Gasteiger partial charge on any atom is 0.433 e. The number of nitro groups is 2. The second-order valence-corrected chi connectivity index (χ2v) is 2.33. The smallest absolute Gasteiger partial charge is 0.401 e. The zero-order valence-corrected chi connectivity index (χ0v) is 7.11. The van der Waals surface area contributed by atoms with Crippen LogP contribution in [0.4, 0.5) is 5.88 Å². The van der Waals surface area contributed by atoms with Crippen LogP contribution in [0.25, 0.3) is 6.08 Å². The average molecular weight is 209 g/mol. The number of nitrogens with zero attached hydrogens (tertiary/aromatic N) is 3. The second kappa shape index (κ2) is 4.01. The van der Waals surface area contributed by atoms with Crippen LogP contribution in [0.15, 0.2) is 22.2 Å². The third kappa shape index (κ3) is 2.38. The summed E-state index contributed by atoms with van der Waals surface area (Å²) in [4.78, 5) is 18.7. The van der Waals surface area contributed by atoms with Crippen molar-refractivity contribution in [1.29, 1.82) is 5.26 Å². The van der Waals surface area contributed by atoms with E-state index in [1.54, 1.807) is 0 Å². The summed E-state index contributed by atoms with van der Waals surface area (Å²) in [5.41, 5.74) is -0.751. The summed E-state index contributed by atoms with van der Waals surface area (Å²) in [5.74, 6) is -0.656. The van der Waals surface area contributed by atoms with Gasteiger partial charge in [-0.25, -0.2) is 0 Å². The first-order valence-corrected chi connectivity index (χ1v) is 3.55. The van der Waals surface area contributed by atoms with Gasteiger partial charge in [0.15, 0.2) is 6.07 Å². The summed E-state index contributed by atoms with van der Waals surface area (Å²) >= 11 is 0. The molecule has 8 heteroatoms. The van der Waals surface area contributed by atoms with Gasteiger partial charge >= 0.3 is 11.6 Å². The minimum atomic E-state index is -0.908. The number of hydrogen-bond donors (Lipinski definition) is 0. The largest absolute Gasteiger partial charge is 0.433 e. The lowest BCUT2D eigenvalue weighted by atomic mass is 10.3. The molecule has 0 radical (unpaired) electrons. The van der Waals surface area contributed by atoms with Crippen LogP contribution >= 0.6 is 0 Å². The lowest BCUT2D eigenvalue weighted by Gasteiger charge is -1.85. The number of nitriles is 1. The molecular formula is C7H3N3O5. The van der Waals surface area contributed by atoms with Gasteiger partial charge in [0.05, 0.1) is 17.1 Å². The van der Waals surface area contributed by atoms with Gasteiger partial charge < -0.3 is 4.42 Å². The topological polar surface area (TPSA) is 123 Å². The van der Waals surface area contributed by atoms with Gasteiger partial charge in [-0.05, 0) is 6.07 Å². The lowest BCUT2D eigenvalue weighted by Crippen LogP contribution is -1.94. The van der Waals surface area contributed by atoms with E-state index in [2.05, 4.69) is 4.42 Å². The molecule has 0 N–H and O–H groups in total. The average Bonchev–Trinajstić information content (AvgIpc) is 2.61. The molecule has 1 aromatic heterocycles. The molecule has 1 rings (SSSR count). The van der Waals surface area contributed by atoms with E-state index >= 15 is 0 Å². The maximum absolute atomic E-state index is 10.2. The van der Waals surface area contributed by atoms with Crippen LogP contribution in [0.2, 0.25) is 0 Å². The van der Waals surface area contributed by atoms with E-state index in [9.17, 15) is 20.2 Å². The van der Waals surface area contributed by atoms with E-state index in [1.807, 2.05) is 0 Å². The maximum atomic E-state index is 10.2. The number of furan rings is 1. The molecule has 0 aliphatic rings. The minimum absolute atomic E-state index is 0.116. The van der Waals surface area contributed by atoms with Gasteiger partial charge in [-0.1, -0.05) is 0 Å². The molecule has 0 fully saturated rings. The van der Waals surface area contributed by atoms with Gasteiger partial charge in [0.1, 0.15) is 10.7 Å². The molecule has 0 saturated heterocycles. The monoisotopic (exact) mass is 209 g/mol. The number of rotatable bonds is 3.